The number of hydrogen-bond acceptors (Lipinski definition) is 5. The van der Waals surface area contributed by atoms with E-state index in [0.717, 1.165) is 10.5 Å². The van der Waals surface area contributed by atoms with Crippen LogP contribution in [-0.4, -0.2) is 17.8 Å². The number of anilines is 1. The Morgan fingerprint density at radius 2 is 1.52 bits per heavy atom. The van der Waals surface area contributed by atoms with Crippen LogP contribution in [-0.2, 0) is 22.8 Å². The molecule has 1 fully saturated rings. The van der Waals surface area contributed by atoms with E-state index >= 15 is 0 Å². The molecule has 200 valence electrons. The van der Waals surface area contributed by atoms with Crippen molar-refractivity contribution in [2.24, 2.45) is 0 Å². The van der Waals surface area contributed by atoms with Gasteiger partial charge in [-0.05, 0) is 71.8 Å². The van der Waals surface area contributed by atoms with E-state index in [0.29, 0.717) is 33.7 Å². The van der Waals surface area contributed by atoms with Crippen molar-refractivity contribution in [1.82, 2.24) is 5.32 Å². The fourth-order valence-corrected chi connectivity index (χ4v) is 4.41. The van der Waals surface area contributed by atoms with Crippen LogP contribution in [0.2, 0.25) is 0 Å². The maximum Gasteiger partial charge on any atom is 0.335 e. The Bertz CT molecular complexity index is 1610. The van der Waals surface area contributed by atoms with Crippen LogP contribution >= 0.6 is 15.9 Å². The van der Waals surface area contributed by atoms with Crippen LogP contribution in [0.4, 0.5) is 14.9 Å². The summed E-state index contributed by atoms with van der Waals surface area (Å²) in [6.45, 7) is 0.431. The molecule has 1 saturated heterocycles. The zero-order chi connectivity index (χ0) is 28.1. The SMILES string of the molecule is O=C1NC(=O)N(c2ccc(OCc3ccccc3)cc2)C(=O)/C1=C/c1cc(Br)ccc1OCc1cccc(F)c1. The Kier molecular flexibility index (Phi) is 8.02. The smallest absolute Gasteiger partial charge is 0.335 e. The highest BCUT2D eigenvalue weighted by Gasteiger charge is 2.37. The number of carbonyl (C=O) groups is 3. The van der Waals surface area contributed by atoms with Gasteiger partial charge in [-0.3, -0.25) is 14.9 Å². The van der Waals surface area contributed by atoms with Crippen molar-refractivity contribution >= 4 is 45.5 Å². The first-order valence-corrected chi connectivity index (χ1v) is 13.0. The molecule has 1 N–H and O–H groups in total. The highest BCUT2D eigenvalue weighted by molar-refractivity contribution is 9.10. The third-order valence-electron chi connectivity index (χ3n) is 6.00. The lowest BCUT2D eigenvalue weighted by atomic mass is 10.1. The van der Waals surface area contributed by atoms with Crippen LogP contribution in [0, 0.1) is 5.82 Å². The average Bonchev–Trinajstić information content (AvgIpc) is 2.95. The summed E-state index contributed by atoms with van der Waals surface area (Å²) in [5.41, 5.74) is 2.05. The quantitative estimate of drug-likeness (QED) is 0.186. The number of barbiturate groups is 1. The molecule has 4 aromatic carbocycles. The Morgan fingerprint density at radius 1 is 0.800 bits per heavy atom. The minimum Gasteiger partial charge on any atom is -0.489 e. The topological polar surface area (TPSA) is 84.9 Å². The summed E-state index contributed by atoms with van der Waals surface area (Å²) in [5.74, 6) is -1.08. The summed E-state index contributed by atoms with van der Waals surface area (Å²) in [6.07, 6.45) is 1.36. The van der Waals surface area contributed by atoms with Crippen molar-refractivity contribution < 1.29 is 28.2 Å². The van der Waals surface area contributed by atoms with E-state index in [1.807, 2.05) is 30.3 Å². The first kappa shape index (κ1) is 26.8. The summed E-state index contributed by atoms with van der Waals surface area (Å²) >= 11 is 3.39. The normalized spacial score (nSPS) is 14.3. The van der Waals surface area contributed by atoms with Crippen molar-refractivity contribution in [2.45, 2.75) is 13.2 Å². The van der Waals surface area contributed by atoms with E-state index in [2.05, 4.69) is 21.2 Å². The molecule has 4 aromatic rings. The van der Waals surface area contributed by atoms with E-state index in [9.17, 15) is 18.8 Å². The number of nitrogens with zero attached hydrogens (tertiary/aromatic N) is 1. The van der Waals surface area contributed by atoms with Crippen LogP contribution in [0.1, 0.15) is 16.7 Å². The largest absolute Gasteiger partial charge is 0.489 e. The van der Waals surface area contributed by atoms with Gasteiger partial charge in [0.2, 0.25) is 0 Å². The molecule has 1 aliphatic rings. The highest BCUT2D eigenvalue weighted by atomic mass is 79.9. The summed E-state index contributed by atoms with van der Waals surface area (Å²) in [4.78, 5) is 39.7. The number of amides is 4. The minimum absolute atomic E-state index is 0.0685. The maximum absolute atomic E-state index is 13.6. The van der Waals surface area contributed by atoms with Gasteiger partial charge in [0.05, 0.1) is 5.69 Å². The van der Waals surface area contributed by atoms with Gasteiger partial charge in [0, 0.05) is 10.0 Å². The van der Waals surface area contributed by atoms with Gasteiger partial charge in [-0.1, -0.05) is 58.4 Å². The molecule has 1 heterocycles. The van der Waals surface area contributed by atoms with Crippen molar-refractivity contribution in [3.05, 3.63) is 130 Å². The molecule has 0 atom stereocenters. The predicted octanol–water partition coefficient (Wildman–Crippen LogP) is 6.41. The fourth-order valence-electron chi connectivity index (χ4n) is 4.03. The number of nitrogens with one attached hydrogen (secondary N) is 1. The number of carbonyl (C=O) groups excluding carboxylic acids is 3. The van der Waals surface area contributed by atoms with Gasteiger partial charge in [-0.2, -0.15) is 0 Å². The van der Waals surface area contributed by atoms with Crippen molar-refractivity contribution in [2.75, 3.05) is 4.90 Å². The zero-order valence-corrected chi connectivity index (χ0v) is 22.6. The first-order valence-electron chi connectivity index (χ1n) is 12.2. The second-order valence-corrected chi connectivity index (χ2v) is 9.74. The van der Waals surface area contributed by atoms with E-state index in [1.54, 1.807) is 54.6 Å². The lowest BCUT2D eigenvalue weighted by Crippen LogP contribution is -2.54. The fraction of sp³-hybridized carbons (Fsp3) is 0.0645. The van der Waals surface area contributed by atoms with Gasteiger partial charge in [0.1, 0.15) is 36.1 Å². The van der Waals surface area contributed by atoms with Gasteiger partial charge in [0.25, 0.3) is 11.8 Å². The Balaban J connectivity index is 1.37. The average molecular weight is 601 g/mol. The van der Waals surface area contributed by atoms with Crippen molar-refractivity contribution in [3.63, 3.8) is 0 Å². The number of halogens is 2. The van der Waals surface area contributed by atoms with Crippen LogP contribution in [0.3, 0.4) is 0 Å². The standard InChI is InChI=1S/C31H22BrFN2O5/c32-23-9-14-28(40-19-21-7-4-8-24(33)15-21)22(16-23)17-27-29(36)34-31(38)35(30(27)37)25-10-12-26(13-11-25)39-18-20-5-2-1-3-6-20/h1-17H,18-19H2,(H,34,36,38)/b27-17+. The van der Waals surface area contributed by atoms with E-state index in [1.165, 1.54) is 18.2 Å². The molecule has 4 amide bonds. The molecule has 40 heavy (non-hydrogen) atoms. The molecule has 0 aliphatic carbocycles. The van der Waals surface area contributed by atoms with Crippen LogP contribution in [0.15, 0.2) is 107 Å². The lowest BCUT2D eigenvalue weighted by Gasteiger charge is -2.26. The molecule has 0 radical (unpaired) electrons. The molecule has 0 spiro atoms. The zero-order valence-electron chi connectivity index (χ0n) is 21.0. The summed E-state index contributed by atoms with van der Waals surface area (Å²) in [7, 11) is 0. The number of rotatable bonds is 8. The van der Waals surface area contributed by atoms with Crippen LogP contribution in [0.25, 0.3) is 6.08 Å². The van der Waals surface area contributed by atoms with Crippen molar-refractivity contribution in [3.8, 4) is 11.5 Å². The van der Waals surface area contributed by atoms with E-state index < -0.39 is 17.8 Å². The molecule has 0 aromatic heterocycles. The Labute approximate surface area is 238 Å². The first-order chi connectivity index (χ1) is 19.4. The summed E-state index contributed by atoms with van der Waals surface area (Å²) in [5, 5.41) is 2.22. The Hall–Kier alpha value is -4.76. The third-order valence-corrected chi connectivity index (χ3v) is 6.49. The summed E-state index contributed by atoms with van der Waals surface area (Å²) < 4.78 is 25.9. The van der Waals surface area contributed by atoms with Crippen molar-refractivity contribution in [1.29, 1.82) is 0 Å². The van der Waals surface area contributed by atoms with Gasteiger partial charge in [-0.25, -0.2) is 14.1 Å². The molecule has 9 heteroatoms. The number of imide groups is 2. The molecule has 0 saturated carbocycles. The van der Waals surface area contributed by atoms with Crippen LogP contribution in [0.5, 0.6) is 11.5 Å². The highest BCUT2D eigenvalue weighted by Crippen LogP contribution is 2.29. The second-order valence-electron chi connectivity index (χ2n) is 8.83. The van der Waals surface area contributed by atoms with Crippen LogP contribution < -0.4 is 19.7 Å². The number of hydrogen-bond donors (Lipinski definition) is 1. The van der Waals surface area contributed by atoms with Gasteiger partial charge in [-0.15, -0.1) is 0 Å². The van der Waals surface area contributed by atoms with Gasteiger partial charge < -0.3 is 9.47 Å². The molecule has 5 rings (SSSR count). The van der Waals surface area contributed by atoms with E-state index in [4.69, 9.17) is 9.47 Å². The monoisotopic (exact) mass is 600 g/mol. The lowest BCUT2D eigenvalue weighted by molar-refractivity contribution is -0.122. The second kappa shape index (κ2) is 12.0. The number of urea groups is 1. The summed E-state index contributed by atoms with van der Waals surface area (Å²) in [6, 6.07) is 26.3. The number of benzene rings is 4. The number of ether oxygens (including phenoxy) is 2. The Morgan fingerprint density at radius 3 is 2.27 bits per heavy atom. The molecule has 1 aliphatic heterocycles. The molecule has 0 unspecified atom stereocenters. The van der Waals surface area contributed by atoms with E-state index in [-0.39, 0.29) is 23.7 Å². The predicted molar refractivity (Wildman–Crippen MR) is 151 cm³/mol. The molecular weight excluding hydrogens is 579 g/mol. The molecule has 0 bridgehead atoms. The van der Waals surface area contributed by atoms with Gasteiger partial charge >= 0.3 is 6.03 Å². The van der Waals surface area contributed by atoms with Gasteiger partial charge in [0.15, 0.2) is 0 Å². The molecular formula is C31H22BrFN2O5. The minimum atomic E-state index is -0.859. The molecule has 7 nitrogen and oxygen atoms in total. The maximum atomic E-state index is 13.6. The third kappa shape index (κ3) is 6.27.